The molecule has 0 radical (unpaired) electrons. The Morgan fingerprint density at radius 1 is 1.50 bits per heavy atom. The van der Waals surface area contributed by atoms with E-state index in [4.69, 9.17) is 10.5 Å². The van der Waals surface area contributed by atoms with Crippen LogP contribution in [-0.2, 0) is 4.74 Å². The molecule has 0 saturated carbocycles. The highest BCUT2D eigenvalue weighted by molar-refractivity contribution is 14.0. The molecule has 2 atom stereocenters. The average molecular weight is 368 g/mol. The molecule has 18 heavy (non-hydrogen) atoms. The summed E-state index contributed by atoms with van der Waals surface area (Å²) in [5.41, 5.74) is 5.83. The van der Waals surface area contributed by atoms with Crippen molar-refractivity contribution in [3.8, 4) is 0 Å². The van der Waals surface area contributed by atoms with Crippen LogP contribution in [0, 0.1) is 5.92 Å². The van der Waals surface area contributed by atoms with Crippen LogP contribution in [0.2, 0.25) is 0 Å². The van der Waals surface area contributed by atoms with Crippen molar-refractivity contribution in [2.75, 3.05) is 39.8 Å². The van der Waals surface area contributed by atoms with Gasteiger partial charge in [-0.3, -0.25) is 4.99 Å². The molecule has 2 unspecified atom stereocenters. The van der Waals surface area contributed by atoms with Crippen LogP contribution in [0.3, 0.4) is 0 Å². The Labute approximate surface area is 127 Å². The van der Waals surface area contributed by atoms with E-state index in [-0.39, 0.29) is 24.0 Å². The third-order valence-electron chi connectivity index (χ3n) is 3.54. The smallest absolute Gasteiger partial charge is 0.188 e. The van der Waals surface area contributed by atoms with Gasteiger partial charge in [0.05, 0.1) is 6.10 Å². The number of halogens is 1. The molecule has 0 spiro atoms. The van der Waals surface area contributed by atoms with Crippen molar-refractivity contribution in [1.29, 1.82) is 0 Å². The maximum atomic E-state index is 5.83. The summed E-state index contributed by atoms with van der Waals surface area (Å²) in [5.74, 6) is 1.23. The van der Waals surface area contributed by atoms with Gasteiger partial charge in [-0.25, -0.2) is 0 Å². The number of likely N-dealkylation sites (tertiary alicyclic amines) is 1. The standard InChI is InChI=1S/C12H24N4O.HI/c1-16-5-4-10(9-16)7-14-12(13)15-8-11-3-2-6-17-11;/h10-11H,2-9H2,1H3,(H3,13,14,15);1H. The zero-order valence-electron chi connectivity index (χ0n) is 11.1. The number of hydrogen-bond acceptors (Lipinski definition) is 3. The summed E-state index contributed by atoms with van der Waals surface area (Å²) in [6.45, 7) is 4.85. The number of guanidine groups is 1. The maximum absolute atomic E-state index is 5.83. The van der Waals surface area contributed by atoms with Crippen LogP contribution in [0.5, 0.6) is 0 Å². The summed E-state index contributed by atoms with van der Waals surface area (Å²) < 4.78 is 5.52. The second-order valence-corrected chi connectivity index (χ2v) is 5.16. The van der Waals surface area contributed by atoms with Gasteiger partial charge in [0.1, 0.15) is 0 Å². The van der Waals surface area contributed by atoms with Crippen LogP contribution in [-0.4, -0.2) is 56.8 Å². The molecule has 0 aromatic carbocycles. The fraction of sp³-hybridized carbons (Fsp3) is 0.917. The van der Waals surface area contributed by atoms with Crippen LogP contribution < -0.4 is 11.1 Å². The fourth-order valence-electron chi connectivity index (χ4n) is 2.48. The first-order valence-electron chi connectivity index (χ1n) is 6.58. The molecule has 106 valence electrons. The Morgan fingerprint density at radius 2 is 2.33 bits per heavy atom. The van der Waals surface area contributed by atoms with Gasteiger partial charge in [0, 0.05) is 26.2 Å². The van der Waals surface area contributed by atoms with Crippen molar-refractivity contribution in [2.24, 2.45) is 16.6 Å². The van der Waals surface area contributed by atoms with Crippen LogP contribution in [0.25, 0.3) is 0 Å². The molecule has 0 amide bonds. The molecule has 2 aliphatic rings. The van der Waals surface area contributed by atoms with Gasteiger partial charge >= 0.3 is 0 Å². The Bertz CT molecular complexity index is 269. The molecule has 5 nitrogen and oxygen atoms in total. The number of hydrogen-bond donors (Lipinski definition) is 2. The Hall–Kier alpha value is -0.0800. The molecular weight excluding hydrogens is 343 g/mol. The SMILES string of the molecule is CN1CCC(CN=C(N)NCC2CCCO2)C1.I. The van der Waals surface area contributed by atoms with Gasteiger partial charge in [0.25, 0.3) is 0 Å². The van der Waals surface area contributed by atoms with E-state index in [1.165, 1.54) is 13.0 Å². The van der Waals surface area contributed by atoms with Crippen molar-refractivity contribution in [3.05, 3.63) is 0 Å². The quantitative estimate of drug-likeness (QED) is 0.434. The van der Waals surface area contributed by atoms with Gasteiger partial charge in [-0.05, 0) is 38.8 Å². The van der Waals surface area contributed by atoms with Crippen LogP contribution in [0.1, 0.15) is 19.3 Å². The first-order chi connectivity index (χ1) is 8.24. The molecule has 2 saturated heterocycles. The van der Waals surface area contributed by atoms with E-state index in [9.17, 15) is 0 Å². The summed E-state index contributed by atoms with van der Waals surface area (Å²) in [4.78, 5) is 6.75. The molecule has 2 rings (SSSR count). The Kier molecular flexibility index (Phi) is 7.25. The molecule has 6 heteroatoms. The molecule has 0 bridgehead atoms. The summed E-state index contributed by atoms with van der Waals surface area (Å²) in [5, 5.41) is 3.15. The number of nitrogens with one attached hydrogen (secondary N) is 1. The van der Waals surface area contributed by atoms with E-state index < -0.39 is 0 Å². The van der Waals surface area contributed by atoms with E-state index in [1.807, 2.05) is 0 Å². The molecule has 0 aromatic rings. The van der Waals surface area contributed by atoms with E-state index in [0.29, 0.717) is 18.0 Å². The predicted octanol–water partition coefficient (Wildman–Crippen LogP) is 0.639. The number of nitrogens with two attached hydrogens (primary N) is 1. The Morgan fingerprint density at radius 3 is 2.94 bits per heavy atom. The highest BCUT2D eigenvalue weighted by Gasteiger charge is 2.19. The minimum atomic E-state index is 0. The average Bonchev–Trinajstić information content (AvgIpc) is 2.95. The van der Waals surface area contributed by atoms with Crippen molar-refractivity contribution < 1.29 is 4.74 Å². The summed E-state index contributed by atoms with van der Waals surface area (Å²) in [7, 11) is 2.16. The summed E-state index contributed by atoms with van der Waals surface area (Å²) in [6, 6.07) is 0. The highest BCUT2D eigenvalue weighted by Crippen LogP contribution is 2.14. The summed E-state index contributed by atoms with van der Waals surface area (Å²) >= 11 is 0. The van der Waals surface area contributed by atoms with Crippen LogP contribution in [0.4, 0.5) is 0 Å². The van der Waals surface area contributed by atoms with Crippen LogP contribution >= 0.6 is 24.0 Å². The van der Waals surface area contributed by atoms with Crippen molar-refractivity contribution in [3.63, 3.8) is 0 Å². The highest BCUT2D eigenvalue weighted by atomic mass is 127. The topological polar surface area (TPSA) is 62.9 Å². The zero-order chi connectivity index (χ0) is 12.1. The largest absolute Gasteiger partial charge is 0.376 e. The lowest BCUT2D eigenvalue weighted by molar-refractivity contribution is 0.114. The Balaban J connectivity index is 0.00000162. The van der Waals surface area contributed by atoms with E-state index in [0.717, 1.165) is 39.1 Å². The minimum absolute atomic E-state index is 0. The van der Waals surface area contributed by atoms with E-state index in [1.54, 1.807) is 0 Å². The lowest BCUT2D eigenvalue weighted by Crippen LogP contribution is -2.37. The van der Waals surface area contributed by atoms with Gasteiger partial charge in [-0.15, -0.1) is 24.0 Å². The van der Waals surface area contributed by atoms with Crippen molar-refractivity contribution in [1.82, 2.24) is 10.2 Å². The normalized spacial score (nSPS) is 29.3. The van der Waals surface area contributed by atoms with Crippen molar-refractivity contribution >= 4 is 29.9 Å². The van der Waals surface area contributed by atoms with E-state index in [2.05, 4.69) is 22.3 Å². The number of rotatable bonds is 4. The zero-order valence-corrected chi connectivity index (χ0v) is 13.4. The van der Waals surface area contributed by atoms with Gasteiger partial charge < -0.3 is 20.7 Å². The molecule has 2 aliphatic heterocycles. The second kappa shape index (κ2) is 8.16. The minimum Gasteiger partial charge on any atom is -0.376 e. The van der Waals surface area contributed by atoms with Gasteiger partial charge in [0.2, 0.25) is 0 Å². The second-order valence-electron chi connectivity index (χ2n) is 5.16. The number of ether oxygens (including phenoxy) is 1. The van der Waals surface area contributed by atoms with Gasteiger partial charge in [-0.1, -0.05) is 0 Å². The lowest BCUT2D eigenvalue weighted by Gasteiger charge is -2.12. The van der Waals surface area contributed by atoms with Crippen LogP contribution in [0.15, 0.2) is 4.99 Å². The molecule has 0 aromatic heterocycles. The lowest BCUT2D eigenvalue weighted by atomic mass is 10.1. The van der Waals surface area contributed by atoms with Gasteiger partial charge in [-0.2, -0.15) is 0 Å². The third kappa shape index (κ3) is 5.27. The molecule has 3 N–H and O–H groups in total. The number of aliphatic imine (C=N–C) groups is 1. The molecule has 2 fully saturated rings. The van der Waals surface area contributed by atoms with Gasteiger partial charge in [0.15, 0.2) is 5.96 Å². The fourth-order valence-corrected chi connectivity index (χ4v) is 2.48. The third-order valence-corrected chi connectivity index (χ3v) is 3.54. The molecule has 2 heterocycles. The first kappa shape index (κ1) is 16.0. The molecular formula is C12H25IN4O. The molecule has 0 aliphatic carbocycles. The maximum Gasteiger partial charge on any atom is 0.188 e. The van der Waals surface area contributed by atoms with E-state index >= 15 is 0 Å². The van der Waals surface area contributed by atoms with Crippen molar-refractivity contribution in [2.45, 2.75) is 25.4 Å². The monoisotopic (exact) mass is 368 g/mol. The number of nitrogens with zero attached hydrogens (tertiary/aromatic N) is 2. The first-order valence-corrected chi connectivity index (χ1v) is 6.58. The summed E-state index contributed by atoms with van der Waals surface area (Å²) in [6.07, 6.45) is 3.85. The predicted molar refractivity (Wildman–Crippen MR) is 84.5 cm³/mol.